The number of ether oxygens (including phenoxy) is 1. The number of amides is 1. The molecular formula is C42H60N12O4S2Si. The van der Waals surface area contributed by atoms with E-state index in [-0.39, 0.29) is 34.5 Å². The molecule has 19 heteroatoms. The Balaban J connectivity index is 0.000000161. The quantitative estimate of drug-likeness (QED) is 0.0677. The van der Waals surface area contributed by atoms with Gasteiger partial charge in [-0.15, -0.1) is 22.7 Å². The van der Waals surface area contributed by atoms with E-state index in [9.17, 15) is 14.7 Å². The molecule has 1 amide bonds. The molecule has 6 aromatic rings. The topological polar surface area (TPSA) is 210 Å². The van der Waals surface area contributed by atoms with Crippen LogP contribution in [-0.2, 0) is 37.2 Å². The van der Waals surface area contributed by atoms with E-state index in [1.165, 1.54) is 4.88 Å². The molecule has 0 bridgehead atoms. The molecule has 16 nitrogen and oxygen atoms in total. The molecule has 61 heavy (non-hydrogen) atoms. The molecule has 328 valence electrons. The van der Waals surface area contributed by atoms with E-state index in [0.717, 1.165) is 78.6 Å². The third kappa shape index (κ3) is 11.9. The number of carbonyl (C=O) groups is 2. The van der Waals surface area contributed by atoms with E-state index in [0.29, 0.717) is 23.8 Å². The number of aromatic amines is 1. The van der Waals surface area contributed by atoms with Crippen LogP contribution < -0.4 is 11.1 Å². The van der Waals surface area contributed by atoms with Crippen molar-refractivity contribution in [3.63, 3.8) is 0 Å². The molecule has 6 heterocycles. The first-order chi connectivity index (χ1) is 28.8. The van der Waals surface area contributed by atoms with Crippen molar-refractivity contribution in [2.24, 2.45) is 10.8 Å². The summed E-state index contributed by atoms with van der Waals surface area (Å²) < 4.78 is 11.2. The third-order valence-electron chi connectivity index (χ3n) is 11.2. The number of H-pyrrole nitrogens is 1. The molecule has 6 aromatic heterocycles. The van der Waals surface area contributed by atoms with Crippen LogP contribution in [0.3, 0.4) is 0 Å². The number of rotatable bonds is 12. The van der Waals surface area contributed by atoms with Crippen molar-refractivity contribution in [1.82, 2.24) is 49.5 Å². The van der Waals surface area contributed by atoms with E-state index in [1.54, 1.807) is 45.3 Å². The molecule has 0 aliphatic heterocycles. The van der Waals surface area contributed by atoms with Gasteiger partial charge < -0.3 is 20.9 Å². The average molecular weight is 889 g/mol. The fourth-order valence-electron chi connectivity index (χ4n) is 7.34. The van der Waals surface area contributed by atoms with Crippen molar-refractivity contribution in [2.75, 3.05) is 17.7 Å². The van der Waals surface area contributed by atoms with Gasteiger partial charge in [0.05, 0.1) is 46.9 Å². The number of nitrogens with zero attached hydrogens (tertiary/aromatic N) is 9. The predicted octanol–water partition coefficient (Wildman–Crippen LogP) is 8.38. The van der Waals surface area contributed by atoms with Gasteiger partial charge in [-0.2, -0.15) is 20.4 Å². The number of anilines is 2. The summed E-state index contributed by atoms with van der Waals surface area (Å²) in [7, 11) is -1.11. The summed E-state index contributed by atoms with van der Waals surface area (Å²) in [5, 5.41) is 32.4. The molecule has 0 saturated heterocycles. The van der Waals surface area contributed by atoms with Crippen molar-refractivity contribution in [1.29, 1.82) is 0 Å². The maximum atomic E-state index is 12.7. The van der Waals surface area contributed by atoms with Crippen LogP contribution in [0.1, 0.15) is 120 Å². The average Bonchev–Trinajstić information content (AvgIpc) is 4.05. The minimum atomic E-state index is -1.11. The number of nitrogens with two attached hydrogens (primary N) is 1. The monoisotopic (exact) mass is 888 g/mol. The van der Waals surface area contributed by atoms with Crippen LogP contribution in [0.25, 0.3) is 0 Å². The number of nitrogens with one attached hydrogen (secondary N) is 2. The molecule has 2 aliphatic rings. The van der Waals surface area contributed by atoms with E-state index in [1.807, 2.05) is 39.7 Å². The van der Waals surface area contributed by atoms with Gasteiger partial charge in [0, 0.05) is 71.7 Å². The summed E-state index contributed by atoms with van der Waals surface area (Å²) in [5.74, 6) is -1.12. The van der Waals surface area contributed by atoms with E-state index in [2.05, 4.69) is 102 Å². The Morgan fingerprint density at radius 3 is 2.08 bits per heavy atom. The molecule has 0 saturated carbocycles. The second-order valence-corrected chi connectivity index (χ2v) is 26.2. The summed E-state index contributed by atoms with van der Waals surface area (Å²) in [5.41, 5.74) is 15.8. The Labute approximate surface area is 366 Å². The zero-order chi connectivity index (χ0) is 44.1. The molecule has 0 spiro atoms. The van der Waals surface area contributed by atoms with Crippen LogP contribution in [0.15, 0.2) is 48.2 Å². The summed E-state index contributed by atoms with van der Waals surface area (Å²) in [4.78, 5) is 34.5. The van der Waals surface area contributed by atoms with E-state index in [4.69, 9.17) is 10.5 Å². The molecule has 2 atom stereocenters. The number of carboxylic acid groups (broad SMARTS) is 1. The zero-order valence-corrected chi connectivity index (χ0v) is 39.4. The lowest BCUT2D eigenvalue weighted by molar-refractivity contribution is 0.0667. The number of aromatic carboxylic acids is 1. The first kappa shape index (κ1) is 45.5. The van der Waals surface area contributed by atoms with Gasteiger partial charge in [0.25, 0.3) is 5.91 Å². The minimum Gasteiger partial charge on any atom is -0.476 e. The van der Waals surface area contributed by atoms with Gasteiger partial charge in [-0.1, -0.05) is 47.3 Å². The Hall–Kier alpha value is -4.98. The summed E-state index contributed by atoms with van der Waals surface area (Å²) >= 11 is 3.21. The number of hydrogen-bond donors (Lipinski definition) is 4. The standard InChI is InChI=1S/C18H22N6OS.C16H28N2O3Si.C8H10N4S/c1-11(15-8-19-10-26-15)24-9-12(7-20-24)21-17(25)16-13-4-5-18(2,3)6-14(13)22-23-16;1-16(2)7-6-12-13(10-16)18(17-14(12)15(19)20)11-21-8-9-22(3,4)5;1-6(8-3-10-5-13-8)12-4-7(9)2-11-12/h7-11H,4-6H2,1-3H3,(H,21,25)(H,22,23);6-11H2,1-5H3,(H,19,20);2-6H,9H2,1H3. The number of aromatic nitrogens is 10. The lowest BCUT2D eigenvalue weighted by atomic mass is 9.76. The Morgan fingerprint density at radius 2 is 1.51 bits per heavy atom. The van der Waals surface area contributed by atoms with Crippen LogP contribution in [0.4, 0.5) is 11.4 Å². The highest BCUT2D eigenvalue weighted by molar-refractivity contribution is 7.09. The highest BCUT2D eigenvalue weighted by atomic mass is 32.1. The van der Waals surface area contributed by atoms with Crippen molar-refractivity contribution in [2.45, 2.75) is 125 Å². The van der Waals surface area contributed by atoms with Gasteiger partial charge in [-0.05, 0) is 69.2 Å². The molecule has 0 radical (unpaired) electrons. The van der Waals surface area contributed by atoms with Gasteiger partial charge in [-0.25, -0.2) is 9.48 Å². The number of hydrogen-bond acceptors (Lipinski definition) is 12. The largest absolute Gasteiger partial charge is 0.476 e. The first-order valence-electron chi connectivity index (χ1n) is 20.7. The second kappa shape index (κ2) is 19.0. The van der Waals surface area contributed by atoms with Crippen molar-refractivity contribution in [3.05, 3.63) is 91.9 Å². The third-order valence-corrected chi connectivity index (χ3v) is 14.7. The number of thiazole rings is 2. The molecule has 5 N–H and O–H groups in total. The molecule has 8 rings (SSSR count). The Morgan fingerprint density at radius 1 is 0.902 bits per heavy atom. The van der Waals surface area contributed by atoms with Gasteiger partial charge in [0.1, 0.15) is 6.73 Å². The van der Waals surface area contributed by atoms with Gasteiger partial charge in [0.2, 0.25) is 0 Å². The summed E-state index contributed by atoms with van der Waals surface area (Å²) in [6.45, 7) is 21.1. The second-order valence-electron chi connectivity index (χ2n) is 18.7. The fourth-order valence-corrected chi connectivity index (χ4v) is 9.43. The molecule has 0 fully saturated rings. The Bertz CT molecular complexity index is 2370. The lowest BCUT2D eigenvalue weighted by Gasteiger charge is -2.30. The molecule has 2 aliphatic carbocycles. The number of fused-ring (bicyclic) bond motifs is 2. The maximum Gasteiger partial charge on any atom is 0.356 e. The van der Waals surface area contributed by atoms with Gasteiger partial charge in [-0.3, -0.25) is 29.2 Å². The molecular weight excluding hydrogens is 829 g/mol. The Kier molecular flexibility index (Phi) is 14.2. The van der Waals surface area contributed by atoms with E-state index >= 15 is 0 Å². The van der Waals surface area contributed by atoms with Crippen molar-refractivity contribution in [3.8, 4) is 0 Å². The normalized spacial score (nSPS) is 16.2. The lowest BCUT2D eigenvalue weighted by Crippen LogP contribution is -2.25. The highest BCUT2D eigenvalue weighted by Crippen LogP contribution is 2.37. The van der Waals surface area contributed by atoms with Crippen molar-refractivity contribution >= 4 is 54.0 Å². The zero-order valence-electron chi connectivity index (χ0n) is 36.7. The van der Waals surface area contributed by atoms with Crippen LogP contribution in [0.5, 0.6) is 0 Å². The fraction of sp³-hybridized carbons (Fsp3) is 0.524. The highest BCUT2D eigenvalue weighted by Gasteiger charge is 2.33. The molecule has 0 aromatic carbocycles. The van der Waals surface area contributed by atoms with Crippen LogP contribution in [-0.4, -0.2) is 81.2 Å². The van der Waals surface area contributed by atoms with Crippen LogP contribution >= 0.6 is 22.7 Å². The smallest absolute Gasteiger partial charge is 0.356 e. The summed E-state index contributed by atoms with van der Waals surface area (Å²) in [6, 6.07) is 1.40. The number of nitrogen functional groups attached to an aromatic ring is 1. The summed E-state index contributed by atoms with van der Waals surface area (Å²) in [6.07, 6.45) is 16.2. The maximum absolute atomic E-state index is 12.7. The van der Waals surface area contributed by atoms with E-state index < -0.39 is 14.0 Å². The SMILES string of the molecule is CC(c1cncs1)n1cc(N)cn1.CC(c1cncs1)n1cc(NC(=O)c2n[nH]c3c2CCC(C)(C)C3)cn1.CC1(C)CCc2c(C(=O)O)nn(COCC[Si](C)(C)C)c2C1. The number of carbonyl (C=O) groups excluding carboxylic acids is 1. The van der Waals surface area contributed by atoms with Crippen LogP contribution in [0.2, 0.25) is 25.7 Å². The van der Waals surface area contributed by atoms with Gasteiger partial charge in [0.15, 0.2) is 11.4 Å². The minimum absolute atomic E-state index is 0.0773. The van der Waals surface area contributed by atoms with Gasteiger partial charge >= 0.3 is 5.97 Å². The number of carboxylic acids is 1. The molecule has 2 unspecified atom stereocenters. The predicted molar refractivity (Wildman–Crippen MR) is 242 cm³/mol. The first-order valence-corrected chi connectivity index (χ1v) is 26.1. The van der Waals surface area contributed by atoms with Crippen molar-refractivity contribution < 1.29 is 19.4 Å². The van der Waals surface area contributed by atoms with Crippen LogP contribution in [0, 0.1) is 10.8 Å².